The monoisotopic (exact) mass is 405 g/mol. The molecular weight excluding hydrogens is 374 g/mol. The molecule has 0 spiro atoms. The van der Waals surface area contributed by atoms with Crippen LogP contribution in [0.1, 0.15) is 67.0 Å². The van der Waals surface area contributed by atoms with E-state index in [2.05, 4.69) is 0 Å². The summed E-state index contributed by atoms with van der Waals surface area (Å²) in [4.78, 5) is 39.5. The second-order valence-corrected chi connectivity index (χ2v) is 9.65. The lowest BCUT2D eigenvalue weighted by atomic mass is 9.97. The second kappa shape index (κ2) is 7.78. The van der Waals surface area contributed by atoms with Gasteiger partial charge in [-0.3, -0.25) is 9.69 Å². The molecule has 29 heavy (non-hydrogen) atoms. The van der Waals surface area contributed by atoms with Crippen LogP contribution in [0.5, 0.6) is 0 Å². The van der Waals surface area contributed by atoms with Crippen molar-refractivity contribution in [3.63, 3.8) is 0 Å². The molecule has 7 nitrogen and oxygen atoms in total. The maximum atomic E-state index is 13.0. The quantitative estimate of drug-likeness (QED) is 0.541. The number of hydrogen-bond donors (Lipinski definition) is 0. The zero-order chi connectivity index (χ0) is 22.2. The molecule has 160 valence electrons. The molecule has 1 aliphatic rings. The van der Waals surface area contributed by atoms with Gasteiger partial charge in [-0.05, 0) is 61.0 Å². The number of amides is 1. The van der Waals surface area contributed by atoms with Gasteiger partial charge in [-0.15, -0.1) is 0 Å². The maximum absolute atomic E-state index is 13.0. The van der Waals surface area contributed by atoms with E-state index < -0.39 is 46.9 Å². The number of nitrogens with zero attached hydrogens (tertiary/aromatic N) is 1. The van der Waals surface area contributed by atoms with Crippen molar-refractivity contribution in [2.45, 2.75) is 78.9 Å². The van der Waals surface area contributed by atoms with Crippen molar-refractivity contribution in [2.75, 3.05) is 0 Å². The van der Waals surface area contributed by atoms with E-state index in [1.165, 1.54) is 4.90 Å². The molecule has 0 N–H and O–H groups in total. The SMILES string of the molecule is CC(C)(C)OC(=O)N1[C@@H](c2ccccc2)[C@H](C(=O)OC(=O)C(C)(C)C)OC1(C)C. The highest BCUT2D eigenvalue weighted by Gasteiger charge is 2.55. The van der Waals surface area contributed by atoms with Gasteiger partial charge < -0.3 is 14.2 Å². The third-order valence-electron chi connectivity index (χ3n) is 4.33. The lowest BCUT2D eigenvalue weighted by Gasteiger charge is -2.35. The predicted molar refractivity (Wildman–Crippen MR) is 107 cm³/mol. The molecule has 1 fully saturated rings. The maximum Gasteiger partial charge on any atom is 0.413 e. The molecule has 0 saturated carbocycles. The van der Waals surface area contributed by atoms with Crippen LogP contribution in [0.3, 0.4) is 0 Å². The zero-order valence-electron chi connectivity index (χ0n) is 18.4. The topological polar surface area (TPSA) is 82.1 Å². The van der Waals surface area contributed by atoms with Crippen LogP contribution in [0.4, 0.5) is 4.79 Å². The molecule has 0 unspecified atom stereocenters. The van der Waals surface area contributed by atoms with Gasteiger partial charge in [0.15, 0.2) is 6.10 Å². The normalized spacial score (nSPS) is 21.6. The molecule has 0 bridgehead atoms. The number of carbonyl (C=O) groups excluding carboxylic acids is 3. The van der Waals surface area contributed by atoms with Crippen LogP contribution in [0.15, 0.2) is 30.3 Å². The molecular formula is C22H31NO6. The van der Waals surface area contributed by atoms with E-state index >= 15 is 0 Å². The summed E-state index contributed by atoms with van der Waals surface area (Å²) >= 11 is 0. The Hall–Kier alpha value is -2.41. The molecule has 2 atom stereocenters. The van der Waals surface area contributed by atoms with E-state index in [0.29, 0.717) is 5.56 Å². The Bertz CT molecular complexity index is 773. The number of benzene rings is 1. The van der Waals surface area contributed by atoms with Crippen molar-refractivity contribution in [3.8, 4) is 0 Å². The summed E-state index contributed by atoms with van der Waals surface area (Å²) in [7, 11) is 0. The van der Waals surface area contributed by atoms with Gasteiger partial charge in [0, 0.05) is 0 Å². The molecule has 0 aromatic heterocycles. The van der Waals surface area contributed by atoms with Gasteiger partial charge in [-0.1, -0.05) is 30.3 Å². The Morgan fingerprint density at radius 1 is 1.00 bits per heavy atom. The van der Waals surface area contributed by atoms with Crippen LogP contribution in [0.25, 0.3) is 0 Å². The van der Waals surface area contributed by atoms with Crippen molar-refractivity contribution >= 4 is 18.0 Å². The number of rotatable bonds is 2. The van der Waals surface area contributed by atoms with E-state index in [1.807, 2.05) is 6.07 Å². The summed E-state index contributed by atoms with van der Waals surface area (Å²) in [5, 5.41) is 0. The Morgan fingerprint density at radius 2 is 1.55 bits per heavy atom. The van der Waals surface area contributed by atoms with Gasteiger partial charge in [0.2, 0.25) is 0 Å². The molecule has 7 heteroatoms. The third kappa shape index (κ3) is 5.35. The van der Waals surface area contributed by atoms with Gasteiger partial charge in [0.1, 0.15) is 17.4 Å². The summed E-state index contributed by atoms with van der Waals surface area (Å²) in [6.07, 6.45) is -1.79. The van der Waals surface area contributed by atoms with Crippen molar-refractivity contribution in [1.82, 2.24) is 4.90 Å². The highest BCUT2D eigenvalue weighted by Crippen LogP contribution is 2.43. The summed E-state index contributed by atoms with van der Waals surface area (Å²) in [6, 6.07) is 8.21. The number of hydrogen-bond acceptors (Lipinski definition) is 6. The molecule has 1 aromatic carbocycles. The first-order valence-corrected chi connectivity index (χ1v) is 9.65. The Morgan fingerprint density at radius 3 is 2.03 bits per heavy atom. The lowest BCUT2D eigenvalue weighted by molar-refractivity contribution is -0.175. The van der Waals surface area contributed by atoms with E-state index in [-0.39, 0.29) is 0 Å². The Balaban J connectivity index is 2.44. The van der Waals surface area contributed by atoms with Crippen LogP contribution >= 0.6 is 0 Å². The average molecular weight is 405 g/mol. The Labute approximate surface area is 172 Å². The summed E-state index contributed by atoms with van der Waals surface area (Å²) < 4.78 is 16.6. The van der Waals surface area contributed by atoms with E-state index in [0.717, 1.165) is 0 Å². The molecule has 0 aliphatic carbocycles. The van der Waals surface area contributed by atoms with Crippen LogP contribution in [0.2, 0.25) is 0 Å². The third-order valence-corrected chi connectivity index (χ3v) is 4.33. The predicted octanol–water partition coefficient (Wildman–Crippen LogP) is 4.22. The van der Waals surface area contributed by atoms with Crippen LogP contribution < -0.4 is 0 Å². The summed E-state index contributed by atoms with van der Waals surface area (Å²) in [5.41, 5.74) is -2.06. The minimum absolute atomic E-state index is 0.617. The van der Waals surface area contributed by atoms with Crippen molar-refractivity contribution in [1.29, 1.82) is 0 Å². The first kappa shape index (κ1) is 22.9. The lowest BCUT2D eigenvalue weighted by Crippen LogP contribution is -2.47. The molecule has 2 rings (SSSR count). The number of carbonyl (C=O) groups is 3. The number of ether oxygens (including phenoxy) is 3. The van der Waals surface area contributed by atoms with Crippen LogP contribution in [0, 0.1) is 5.41 Å². The fourth-order valence-electron chi connectivity index (χ4n) is 3.00. The van der Waals surface area contributed by atoms with Gasteiger partial charge >= 0.3 is 18.0 Å². The van der Waals surface area contributed by atoms with Gasteiger partial charge in [0.05, 0.1) is 5.41 Å². The minimum Gasteiger partial charge on any atom is -0.444 e. The van der Waals surface area contributed by atoms with Crippen LogP contribution in [-0.4, -0.2) is 40.4 Å². The van der Waals surface area contributed by atoms with Gasteiger partial charge in [0.25, 0.3) is 0 Å². The van der Waals surface area contributed by atoms with Crippen LogP contribution in [-0.2, 0) is 23.8 Å². The first-order chi connectivity index (χ1) is 13.1. The fraction of sp³-hybridized carbons (Fsp3) is 0.591. The van der Waals surface area contributed by atoms with E-state index in [9.17, 15) is 14.4 Å². The molecule has 1 aliphatic heterocycles. The zero-order valence-corrected chi connectivity index (χ0v) is 18.4. The second-order valence-electron chi connectivity index (χ2n) is 9.65. The van der Waals surface area contributed by atoms with E-state index in [4.69, 9.17) is 14.2 Å². The smallest absolute Gasteiger partial charge is 0.413 e. The minimum atomic E-state index is -1.17. The van der Waals surface area contributed by atoms with E-state index in [1.54, 1.807) is 79.7 Å². The molecule has 1 aromatic rings. The van der Waals surface area contributed by atoms with Gasteiger partial charge in [-0.2, -0.15) is 0 Å². The highest BCUT2D eigenvalue weighted by atomic mass is 16.6. The molecule has 1 saturated heterocycles. The van der Waals surface area contributed by atoms with Crippen molar-refractivity contribution in [3.05, 3.63) is 35.9 Å². The largest absolute Gasteiger partial charge is 0.444 e. The average Bonchev–Trinajstić information content (AvgIpc) is 2.84. The molecule has 1 amide bonds. The standard InChI is InChI=1S/C22H31NO6/c1-20(2,3)18(25)27-17(24)16-15(14-12-10-9-11-13-14)23(22(7,8)28-16)19(26)29-21(4,5)6/h9-13,15-16H,1-8H3/t15-,16+/m0/s1. The fourth-order valence-corrected chi connectivity index (χ4v) is 3.00. The van der Waals surface area contributed by atoms with Crippen molar-refractivity contribution in [2.24, 2.45) is 5.41 Å². The molecule has 1 heterocycles. The first-order valence-electron chi connectivity index (χ1n) is 9.65. The highest BCUT2D eigenvalue weighted by molar-refractivity contribution is 5.91. The van der Waals surface area contributed by atoms with Crippen molar-refractivity contribution < 1.29 is 28.6 Å². The number of esters is 2. The van der Waals surface area contributed by atoms with Gasteiger partial charge in [-0.25, -0.2) is 9.59 Å². The summed E-state index contributed by atoms with van der Waals surface area (Å²) in [6.45, 7) is 13.6. The summed E-state index contributed by atoms with van der Waals surface area (Å²) in [5.74, 6) is -1.50. The molecule has 0 radical (unpaired) electrons. The Kier molecular flexibility index (Phi) is 6.14.